The fraction of sp³-hybridized carbons (Fsp3) is 0.0741. The second kappa shape index (κ2) is 11.3. The van der Waals surface area contributed by atoms with E-state index in [1.54, 1.807) is 79.0 Å². The first-order valence-electron chi connectivity index (χ1n) is 10.9. The molecular weight excluding hydrogens is 462 g/mol. The van der Waals surface area contributed by atoms with Gasteiger partial charge in [0.15, 0.2) is 10.1 Å². The molecule has 0 aliphatic heterocycles. The van der Waals surface area contributed by atoms with Gasteiger partial charge in [-0.25, -0.2) is 4.98 Å². The third kappa shape index (κ3) is 6.47. The first kappa shape index (κ1) is 24.0. The Hall–Kier alpha value is -4.14. The summed E-state index contributed by atoms with van der Waals surface area (Å²) in [6, 6.07) is 28.1. The minimum absolute atomic E-state index is 0.272. The molecule has 3 N–H and O–H groups in total. The maximum absolute atomic E-state index is 13.3. The minimum Gasteiger partial charge on any atom is -0.611 e. The van der Waals surface area contributed by atoms with Crippen molar-refractivity contribution in [3.05, 3.63) is 114 Å². The number of nitrogens with zero attached hydrogens (tertiary/aromatic N) is 1. The third-order valence-corrected chi connectivity index (χ3v) is 6.87. The molecule has 4 rings (SSSR count). The smallest absolute Gasteiger partial charge is 0.308 e. The molecule has 176 valence electrons. The highest BCUT2D eigenvalue weighted by Gasteiger charge is 2.29. The fourth-order valence-electron chi connectivity index (χ4n) is 3.50. The van der Waals surface area contributed by atoms with Crippen LogP contribution in [0.1, 0.15) is 27.6 Å². The summed E-state index contributed by atoms with van der Waals surface area (Å²) < 4.78 is 13.3. The number of carboxylic acid groups (broad SMARTS) is 1. The van der Waals surface area contributed by atoms with E-state index in [9.17, 15) is 19.2 Å². The van der Waals surface area contributed by atoms with E-state index in [-0.39, 0.29) is 12.3 Å². The number of nitrogens with one attached hydrogen (secondary N) is 2. The van der Waals surface area contributed by atoms with Gasteiger partial charge in [0.1, 0.15) is 5.82 Å². The predicted molar refractivity (Wildman–Crippen MR) is 136 cm³/mol. The molecule has 3 aromatic carbocycles. The Balaban J connectivity index is 1.46. The molecule has 2 atom stereocenters. The van der Waals surface area contributed by atoms with Gasteiger partial charge >= 0.3 is 5.97 Å². The highest BCUT2D eigenvalue weighted by molar-refractivity contribution is 7.91. The summed E-state index contributed by atoms with van der Waals surface area (Å²) >= 11 is -1.63. The summed E-state index contributed by atoms with van der Waals surface area (Å²) in [7, 11) is 0. The van der Waals surface area contributed by atoms with Crippen molar-refractivity contribution in [2.24, 2.45) is 0 Å². The third-order valence-electron chi connectivity index (χ3n) is 5.20. The van der Waals surface area contributed by atoms with Gasteiger partial charge in [0.05, 0.1) is 6.42 Å². The van der Waals surface area contributed by atoms with E-state index in [2.05, 4.69) is 15.6 Å². The SMILES string of the molecule is O=C(O)CC(c1ccccc1)[S+]([O-])c1cccc(NC(=O)c2ccc(Nc3ccccn3)cc2)c1. The number of aliphatic carboxylic acids is 1. The van der Waals surface area contributed by atoms with E-state index in [4.69, 9.17) is 0 Å². The molecule has 0 aliphatic rings. The van der Waals surface area contributed by atoms with Crippen LogP contribution in [-0.2, 0) is 16.0 Å². The Bertz CT molecular complexity index is 1280. The van der Waals surface area contributed by atoms with Crippen LogP contribution in [0, 0.1) is 0 Å². The predicted octanol–water partition coefficient (Wildman–Crippen LogP) is 5.40. The standard InChI is InChI=1S/C27H23N3O4S/c31-26(32)18-24(19-7-2-1-3-8-19)35(34)23-10-6-9-22(17-23)30-27(33)20-12-14-21(15-13-20)29-25-11-4-5-16-28-25/h1-17,24H,18H2,(H,28,29)(H,30,33)(H,31,32). The summed E-state index contributed by atoms with van der Waals surface area (Å²) in [6.45, 7) is 0. The number of aromatic nitrogens is 1. The summed E-state index contributed by atoms with van der Waals surface area (Å²) in [5.41, 5.74) is 2.40. The molecule has 8 heteroatoms. The number of carboxylic acids is 1. The quantitative estimate of drug-likeness (QED) is 0.274. The minimum atomic E-state index is -1.63. The number of hydrogen-bond acceptors (Lipinski definition) is 5. The van der Waals surface area contributed by atoms with Gasteiger partial charge in [0, 0.05) is 34.8 Å². The monoisotopic (exact) mass is 485 g/mol. The van der Waals surface area contributed by atoms with Gasteiger partial charge in [0.2, 0.25) is 0 Å². The maximum atomic E-state index is 13.3. The van der Waals surface area contributed by atoms with E-state index in [0.717, 1.165) is 5.69 Å². The van der Waals surface area contributed by atoms with Crippen molar-refractivity contribution in [1.82, 2.24) is 4.98 Å². The Morgan fingerprint density at radius 3 is 2.31 bits per heavy atom. The van der Waals surface area contributed by atoms with Crippen molar-refractivity contribution in [2.75, 3.05) is 10.6 Å². The van der Waals surface area contributed by atoms with Crippen LogP contribution in [0.2, 0.25) is 0 Å². The number of pyridine rings is 1. The zero-order valence-corrected chi connectivity index (χ0v) is 19.4. The number of amides is 1. The molecule has 1 heterocycles. The Morgan fingerprint density at radius 1 is 0.886 bits per heavy atom. The van der Waals surface area contributed by atoms with Gasteiger partial charge in [-0.3, -0.25) is 9.59 Å². The van der Waals surface area contributed by atoms with Crippen molar-refractivity contribution in [2.45, 2.75) is 16.6 Å². The first-order valence-corrected chi connectivity index (χ1v) is 12.1. The topological polar surface area (TPSA) is 114 Å². The molecule has 0 bridgehead atoms. The van der Waals surface area contributed by atoms with Crippen LogP contribution in [0.15, 0.2) is 108 Å². The Morgan fingerprint density at radius 2 is 1.63 bits per heavy atom. The normalized spacial score (nSPS) is 12.4. The second-order valence-electron chi connectivity index (χ2n) is 7.69. The summed E-state index contributed by atoms with van der Waals surface area (Å²) in [5, 5.41) is 14.6. The lowest BCUT2D eigenvalue weighted by molar-refractivity contribution is -0.137. The molecule has 0 radical (unpaired) electrons. The van der Waals surface area contributed by atoms with Gasteiger partial charge in [-0.15, -0.1) is 0 Å². The molecule has 0 saturated carbocycles. The molecular formula is C27H23N3O4S. The Labute approximate surface area is 206 Å². The van der Waals surface area contributed by atoms with E-state index < -0.39 is 22.4 Å². The van der Waals surface area contributed by atoms with Gasteiger partial charge in [-0.05, 0) is 59.7 Å². The number of carbonyl (C=O) groups is 2. The summed E-state index contributed by atoms with van der Waals surface area (Å²) in [5.74, 6) is -0.647. The van der Waals surface area contributed by atoms with Crippen LogP contribution in [0.4, 0.5) is 17.2 Å². The van der Waals surface area contributed by atoms with E-state index in [1.165, 1.54) is 0 Å². The lowest BCUT2D eigenvalue weighted by atomic mass is 10.1. The molecule has 1 amide bonds. The number of hydrogen-bond donors (Lipinski definition) is 3. The number of anilines is 3. The zero-order chi connectivity index (χ0) is 24.6. The summed E-state index contributed by atoms with van der Waals surface area (Å²) in [4.78, 5) is 28.8. The molecule has 7 nitrogen and oxygen atoms in total. The molecule has 1 aromatic heterocycles. The number of rotatable bonds is 9. The van der Waals surface area contributed by atoms with Gasteiger partial charge < -0.3 is 20.3 Å². The average Bonchev–Trinajstić information content (AvgIpc) is 2.88. The highest BCUT2D eigenvalue weighted by atomic mass is 32.2. The van der Waals surface area contributed by atoms with Gasteiger partial charge in [-0.2, -0.15) is 0 Å². The molecule has 0 aliphatic carbocycles. The van der Waals surface area contributed by atoms with Crippen molar-refractivity contribution in [3.8, 4) is 0 Å². The van der Waals surface area contributed by atoms with Crippen molar-refractivity contribution in [3.63, 3.8) is 0 Å². The largest absolute Gasteiger partial charge is 0.611 e. The van der Waals surface area contributed by atoms with Crippen LogP contribution in [-0.4, -0.2) is 26.5 Å². The molecule has 0 fully saturated rings. The Kier molecular flexibility index (Phi) is 7.77. The molecule has 0 saturated heterocycles. The highest BCUT2D eigenvalue weighted by Crippen LogP contribution is 2.33. The lowest BCUT2D eigenvalue weighted by Crippen LogP contribution is -2.18. The van der Waals surface area contributed by atoms with Crippen LogP contribution in [0.5, 0.6) is 0 Å². The lowest BCUT2D eigenvalue weighted by Gasteiger charge is -2.21. The molecule has 35 heavy (non-hydrogen) atoms. The number of carbonyl (C=O) groups excluding carboxylic acids is 1. The van der Waals surface area contributed by atoms with Crippen LogP contribution in [0.3, 0.4) is 0 Å². The molecule has 0 spiro atoms. The van der Waals surface area contributed by atoms with Crippen LogP contribution < -0.4 is 10.6 Å². The van der Waals surface area contributed by atoms with E-state index >= 15 is 0 Å². The fourth-order valence-corrected chi connectivity index (χ4v) is 4.98. The summed E-state index contributed by atoms with van der Waals surface area (Å²) in [6.07, 6.45) is 1.42. The van der Waals surface area contributed by atoms with Crippen LogP contribution >= 0.6 is 0 Å². The van der Waals surface area contributed by atoms with Gasteiger partial charge in [0.25, 0.3) is 5.91 Å². The van der Waals surface area contributed by atoms with Crippen molar-refractivity contribution in [1.29, 1.82) is 0 Å². The van der Waals surface area contributed by atoms with Crippen LogP contribution in [0.25, 0.3) is 0 Å². The van der Waals surface area contributed by atoms with Crippen molar-refractivity contribution < 1.29 is 19.2 Å². The average molecular weight is 486 g/mol. The van der Waals surface area contributed by atoms with Crippen molar-refractivity contribution >= 4 is 40.2 Å². The number of benzene rings is 3. The second-order valence-corrected chi connectivity index (χ2v) is 9.33. The molecule has 4 aromatic rings. The van der Waals surface area contributed by atoms with E-state index in [1.807, 2.05) is 24.3 Å². The van der Waals surface area contributed by atoms with E-state index in [0.29, 0.717) is 27.5 Å². The molecule has 2 unspecified atom stereocenters. The first-order chi connectivity index (χ1) is 17.0. The maximum Gasteiger partial charge on any atom is 0.308 e. The van der Waals surface area contributed by atoms with Gasteiger partial charge in [-0.1, -0.05) is 42.5 Å². The zero-order valence-electron chi connectivity index (χ0n) is 18.6.